The Hall–Kier alpha value is -3.83. The van der Waals surface area contributed by atoms with Gasteiger partial charge in [0.1, 0.15) is 11.5 Å². The van der Waals surface area contributed by atoms with Crippen molar-refractivity contribution >= 4 is 23.7 Å². The molecule has 0 amide bonds. The van der Waals surface area contributed by atoms with E-state index in [4.69, 9.17) is 9.47 Å². The van der Waals surface area contributed by atoms with Crippen LogP contribution in [0, 0.1) is 0 Å². The molecule has 0 aliphatic carbocycles. The van der Waals surface area contributed by atoms with Gasteiger partial charge in [-0.25, -0.2) is 0 Å². The van der Waals surface area contributed by atoms with Gasteiger partial charge in [-0.05, 0) is 48.9 Å². The van der Waals surface area contributed by atoms with Gasteiger partial charge in [0, 0.05) is 35.5 Å². The molecule has 0 radical (unpaired) electrons. The molecule has 0 bridgehead atoms. The lowest BCUT2D eigenvalue weighted by Gasteiger charge is -2.27. The average Bonchev–Trinajstić information content (AvgIpc) is 2.94. The van der Waals surface area contributed by atoms with E-state index in [1.807, 2.05) is 72.4 Å². The first kappa shape index (κ1) is 28.2. The molecule has 5 heteroatoms. The summed E-state index contributed by atoms with van der Waals surface area (Å²) in [6.45, 7) is 2.86. The van der Waals surface area contributed by atoms with E-state index in [2.05, 4.69) is 48.5 Å². The fraction of sp³-hybridized carbons (Fsp3) is 0.235. The van der Waals surface area contributed by atoms with Crippen LogP contribution in [0.2, 0.25) is 0 Å². The van der Waals surface area contributed by atoms with Gasteiger partial charge in [-0.3, -0.25) is 9.59 Å². The van der Waals surface area contributed by atoms with E-state index in [1.54, 1.807) is 0 Å². The highest BCUT2D eigenvalue weighted by molar-refractivity contribution is 7.99. The summed E-state index contributed by atoms with van der Waals surface area (Å²) in [5, 5.41) is 0.0684. The standard InChI is InChI=1S/C34H34O4S/c1-25(35)37-31-19-11-9-17-29(31)33(23-21-27-13-5-3-6-14-27)39-34(24-22-28-15-7-4-8-16-28)30-18-10-12-20-32(30)38-26(2)36/h3-20,33-34H,21-24H2,1-2H3. The van der Waals surface area contributed by atoms with E-state index < -0.39 is 0 Å². The molecule has 0 aromatic heterocycles. The molecule has 200 valence electrons. The number of aryl methyl sites for hydroxylation is 2. The van der Waals surface area contributed by atoms with Gasteiger partial charge in [0.2, 0.25) is 0 Å². The second kappa shape index (κ2) is 14.4. The van der Waals surface area contributed by atoms with Crippen molar-refractivity contribution in [2.45, 2.75) is 50.0 Å². The summed E-state index contributed by atoms with van der Waals surface area (Å²) < 4.78 is 11.3. The molecule has 2 unspecified atom stereocenters. The summed E-state index contributed by atoms with van der Waals surface area (Å²) >= 11 is 1.83. The molecule has 0 saturated heterocycles. The van der Waals surface area contributed by atoms with Crippen molar-refractivity contribution in [3.63, 3.8) is 0 Å². The van der Waals surface area contributed by atoms with Crippen LogP contribution in [-0.2, 0) is 22.4 Å². The van der Waals surface area contributed by atoms with Crippen molar-refractivity contribution in [1.82, 2.24) is 0 Å². The van der Waals surface area contributed by atoms with Crippen LogP contribution in [0.3, 0.4) is 0 Å². The molecule has 2 atom stereocenters. The van der Waals surface area contributed by atoms with Crippen LogP contribution in [-0.4, -0.2) is 11.9 Å². The van der Waals surface area contributed by atoms with E-state index >= 15 is 0 Å². The second-order valence-corrected chi connectivity index (χ2v) is 10.8. The first-order valence-corrected chi connectivity index (χ1v) is 14.2. The molecular weight excluding hydrogens is 504 g/mol. The van der Waals surface area contributed by atoms with Crippen LogP contribution in [0.15, 0.2) is 109 Å². The van der Waals surface area contributed by atoms with Gasteiger partial charge in [-0.2, -0.15) is 0 Å². The highest BCUT2D eigenvalue weighted by atomic mass is 32.2. The van der Waals surface area contributed by atoms with Crippen molar-refractivity contribution in [2.75, 3.05) is 0 Å². The second-order valence-electron chi connectivity index (χ2n) is 9.42. The third-order valence-electron chi connectivity index (χ3n) is 6.44. The number of rotatable bonds is 12. The number of hydrogen-bond acceptors (Lipinski definition) is 5. The van der Waals surface area contributed by atoms with E-state index in [-0.39, 0.29) is 22.4 Å². The van der Waals surface area contributed by atoms with Crippen LogP contribution < -0.4 is 9.47 Å². The number of esters is 2. The normalized spacial score (nSPS) is 12.4. The fourth-order valence-corrected chi connectivity index (χ4v) is 6.25. The van der Waals surface area contributed by atoms with Gasteiger partial charge in [0.25, 0.3) is 0 Å². The van der Waals surface area contributed by atoms with Crippen molar-refractivity contribution in [2.24, 2.45) is 0 Å². The van der Waals surface area contributed by atoms with Crippen molar-refractivity contribution in [3.05, 3.63) is 131 Å². The molecule has 0 fully saturated rings. The first-order valence-electron chi connectivity index (χ1n) is 13.3. The van der Waals surface area contributed by atoms with E-state index in [0.29, 0.717) is 11.5 Å². The minimum Gasteiger partial charge on any atom is -0.426 e. The van der Waals surface area contributed by atoms with Crippen LogP contribution in [0.1, 0.15) is 59.4 Å². The van der Waals surface area contributed by atoms with Gasteiger partial charge in [0.05, 0.1) is 0 Å². The van der Waals surface area contributed by atoms with Gasteiger partial charge in [-0.1, -0.05) is 97.1 Å². The number of carbonyl (C=O) groups is 2. The summed E-state index contributed by atoms with van der Waals surface area (Å²) in [7, 11) is 0. The Bertz CT molecular complexity index is 1250. The third kappa shape index (κ3) is 8.59. The molecular formula is C34H34O4S. The Morgan fingerprint density at radius 2 is 0.923 bits per heavy atom. The lowest BCUT2D eigenvalue weighted by Crippen LogP contribution is -2.10. The maximum Gasteiger partial charge on any atom is 0.308 e. The molecule has 4 aromatic carbocycles. The molecule has 0 aliphatic heterocycles. The van der Waals surface area contributed by atoms with Crippen LogP contribution >= 0.6 is 11.8 Å². The molecule has 0 saturated carbocycles. The zero-order valence-corrected chi connectivity index (χ0v) is 23.2. The molecule has 0 heterocycles. The number of carbonyl (C=O) groups excluding carboxylic acids is 2. The van der Waals surface area contributed by atoms with Gasteiger partial charge in [0.15, 0.2) is 0 Å². The minimum absolute atomic E-state index is 0.0342. The molecule has 4 aromatic rings. The summed E-state index contributed by atoms with van der Waals surface area (Å²) in [4.78, 5) is 23.9. The highest BCUT2D eigenvalue weighted by Crippen LogP contribution is 2.49. The van der Waals surface area contributed by atoms with Crippen molar-refractivity contribution in [1.29, 1.82) is 0 Å². The Morgan fingerprint density at radius 1 is 0.564 bits per heavy atom. The summed E-state index contributed by atoms with van der Waals surface area (Å²) in [5.41, 5.74) is 4.50. The Labute approximate surface area is 235 Å². The number of para-hydroxylation sites is 2. The van der Waals surface area contributed by atoms with E-state index in [0.717, 1.165) is 36.8 Å². The Morgan fingerprint density at radius 3 is 1.31 bits per heavy atom. The zero-order chi connectivity index (χ0) is 27.5. The molecule has 4 nitrogen and oxygen atoms in total. The maximum absolute atomic E-state index is 11.9. The van der Waals surface area contributed by atoms with E-state index in [1.165, 1.54) is 25.0 Å². The number of benzene rings is 4. The quantitative estimate of drug-likeness (QED) is 0.134. The highest BCUT2D eigenvalue weighted by Gasteiger charge is 2.26. The summed E-state index contributed by atoms with van der Waals surface area (Å²) in [6.07, 6.45) is 3.46. The van der Waals surface area contributed by atoms with Crippen LogP contribution in [0.5, 0.6) is 11.5 Å². The summed E-state index contributed by atoms with van der Waals surface area (Å²) in [6, 6.07) is 36.4. The zero-order valence-electron chi connectivity index (χ0n) is 22.4. The SMILES string of the molecule is CC(=O)Oc1ccccc1C(CCc1ccccc1)SC(CCc1ccccc1)c1ccccc1OC(C)=O. The largest absolute Gasteiger partial charge is 0.426 e. The fourth-order valence-electron chi connectivity index (χ4n) is 4.67. The Kier molecular flexibility index (Phi) is 10.4. The topological polar surface area (TPSA) is 52.6 Å². The van der Waals surface area contributed by atoms with Gasteiger partial charge >= 0.3 is 11.9 Å². The number of ether oxygens (including phenoxy) is 2. The first-order chi connectivity index (χ1) is 19.0. The molecule has 0 aliphatic rings. The maximum atomic E-state index is 11.9. The monoisotopic (exact) mass is 538 g/mol. The molecule has 39 heavy (non-hydrogen) atoms. The van der Waals surface area contributed by atoms with E-state index in [9.17, 15) is 9.59 Å². The van der Waals surface area contributed by atoms with Crippen molar-refractivity contribution in [3.8, 4) is 11.5 Å². The lowest BCUT2D eigenvalue weighted by atomic mass is 10.0. The van der Waals surface area contributed by atoms with Crippen LogP contribution in [0.25, 0.3) is 0 Å². The molecule has 0 spiro atoms. The summed E-state index contributed by atoms with van der Waals surface area (Å²) in [5.74, 6) is 0.501. The minimum atomic E-state index is -0.338. The van der Waals surface area contributed by atoms with Gasteiger partial charge < -0.3 is 9.47 Å². The molecule has 0 N–H and O–H groups in total. The molecule has 4 rings (SSSR count). The average molecular weight is 539 g/mol. The Balaban J connectivity index is 1.70. The van der Waals surface area contributed by atoms with Gasteiger partial charge in [-0.15, -0.1) is 11.8 Å². The van der Waals surface area contributed by atoms with Crippen LogP contribution in [0.4, 0.5) is 0 Å². The number of hydrogen-bond donors (Lipinski definition) is 0. The van der Waals surface area contributed by atoms with Crippen molar-refractivity contribution < 1.29 is 19.1 Å². The smallest absolute Gasteiger partial charge is 0.308 e. The number of thioether (sulfide) groups is 1. The predicted octanol–water partition coefficient (Wildman–Crippen LogP) is 8.32. The lowest BCUT2D eigenvalue weighted by molar-refractivity contribution is -0.132. The third-order valence-corrected chi connectivity index (χ3v) is 8.08. The predicted molar refractivity (Wildman–Crippen MR) is 158 cm³/mol.